The third-order valence-corrected chi connectivity index (χ3v) is 3.90. The minimum Gasteiger partial charge on any atom is -0.421 e. The lowest BCUT2D eigenvalue weighted by atomic mass is 10.2. The Bertz CT molecular complexity index is 167. The fourth-order valence-electron chi connectivity index (χ4n) is 1.49. The molecule has 0 saturated carbocycles. The number of rotatable bonds is 9. The van der Waals surface area contributed by atoms with Gasteiger partial charge < -0.3 is 4.43 Å². The lowest BCUT2D eigenvalue weighted by Crippen LogP contribution is -2.14. The Balaban J connectivity index is 3.32. The maximum atomic E-state index is 5.93. The molecule has 1 atom stereocenters. The minimum atomic E-state index is -0.282. The second-order valence-corrected chi connectivity index (χ2v) is 5.67. The van der Waals surface area contributed by atoms with Crippen molar-refractivity contribution in [3.05, 3.63) is 0 Å². The normalized spacial score (nSPS) is 13.3. The molecule has 0 bridgehead atoms. The smallest absolute Gasteiger partial charge is 0.162 e. The molecular weight excluding hydrogens is 202 g/mol. The number of nitrogens with zero attached hydrogens (tertiary/aromatic N) is 1. The molecule has 0 N–H and O–H groups in total. The van der Waals surface area contributed by atoms with E-state index >= 15 is 0 Å². The summed E-state index contributed by atoms with van der Waals surface area (Å²) in [5, 5.41) is 0. The first kappa shape index (κ1) is 14.8. The van der Waals surface area contributed by atoms with Crippen molar-refractivity contribution in [2.24, 2.45) is 4.99 Å². The van der Waals surface area contributed by atoms with Gasteiger partial charge in [0.2, 0.25) is 0 Å². The van der Waals surface area contributed by atoms with Crippen molar-refractivity contribution in [2.75, 3.05) is 6.54 Å². The molecule has 0 spiro atoms. The summed E-state index contributed by atoms with van der Waals surface area (Å²) in [6.45, 7) is 9.56. The van der Waals surface area contributed by atoms with E-state index in [0.717, 1.165) is 6.54 Å². The molecule has 0 heterocycles. The highest BCUT2D eigenvalue weighted by atomic mass is 28.2. The summed E-state index contributed by atoms with van der Waals surface area (Å²) in [7, 11) is -0.282. The molecule has 3 heteroatoms. The monoisotopic (exact) mass is 229 g/mol. The summed E-state index contributed by atoms with van der Waals surface area (Å²) >= 11 is 0. The molecule has 0 amide bonds. The first-order valence-electron chi connectivity index (χ1n) is 6.29. The zero-order valence-corrected chi connectivity index (χ0v) is 12.3. The summed E-state index contributed by atoms with van der Waals surface area (Å²) in [6.07, 6.45) is 5.40. The van der Waals surface area contributed by atoms with Crippen LogP contribution in [-0.2, 0) is 4.43 Å². The molecule has 0 saturated heterocycles. The molecule has 0 aromatic heterocycles. The van der Waals surface area contributed by atoms with Gasteiger partial charge in [-0.2, -0.15) is 0 Å². The molecule has 0 fully saturated rings. The quantitative estimate of drug-likeness (QED) is 0.338. The van der Waals surface area contributed by atoms with Crippen LogP contribution < -0.4 is 0 Å². The van der Waals surface area contributed by atoms with Gasteiger partial charge in [0.1, 0.15) is 0 Å². The van der Waals surface area contributed by atoms with E-state index in [2.05, 4.69) is 32.7 Å². The van der Waals surface area contributed by atoms with Gasteiger partial charge in [0, 0.05) is 18.4 Å². The van der Waals surface area contributed by atoms with Crippen molar-refractivity contribution in [1.82, 2.24) is 0 Å². The summed E-state index contributed by atoms with van der Waals surface area (Å²) in [5.41, 5.74) is 1.19. The molecule has 90 valence electrons. The van der Waals surface area contributed by atoms with Crippen LogP contribution in [0, 0.1) is 0 Å². The molecule has 1 unspecified atom stereocenters. The van der Waals surface area contributed by atoms with Crippen molar-refractivity contribution in [3.8, 4) is 0 Å². The van der Waals surface area contributed by atoms with E-state index < -0.39 is 0 Å². The van der Waals surface area contributed by atoms with Gasteiger partial charge in [-0.15, -0.1) is 0 Å². The average molecular weight is 229 g/mol. The highest BCUT2D eigenvalue weighted by Crippen LogP contribution is 2.06. The fourth-order valence-corrected chi connectivity index (χ4v) is 2.82. The predicted octanol–water partition coefficient (Wildman–Crippen LogP) is 2.95. The van der Waals surface area contributed by atoms with Crippen LogP contribution in [0.3, 0.4) is 0 Å². The fraction of sp³-hybridized carbons (Fsp3) is 0.917. The van der Waals surface area contributed by atoms with E-state index in [1.165, 1.54) is 37.4 Å². The van der Waals surface area contributed by atoms with Crippen LogP contribution in [0.25, 0.3) is 0 Å². The van der Waals surface area contributed by atoms with E-state index in [1.807, 2.05) is 0 Å². The van der Waals surface area contributed by atoms with Crippen molar-refractivity contribution in [3.63, 3.8) is 0 Å². The maximum Gasteiger partial charge on any atom is 0.162 e. The number of aliphatic imine (C=N–C) groups is 1. The van der Waals surface area contributed by atoms with Crippen LogP contribution in [0.4, 0.5) is 0 Å². The lowest BCUT2D eigenvalue weighted by Gasteiger charge is -2.14. The summed E-state index contributed by atoms with van der Waals surface area (Å²) < 4.78 is 5.93. The van der Waals surface area contributed by atoms with E-state index in [1.54, 1.807) is 0 Å². The van der Waals surface area contributed by atoms with E-state index in [9.17, 15) is 0 Å². The van der Waals surface area contributed by atoms with Crippen molar-refractivity contribution >= 4 is 15.5 Å². The highest BCUT2D eigenvalue weighted by molar-refractivity contribution is 6.27. The second kappa shape index (κ2) is 10.4. The van der Waals surface area contributed by atoms with Crippen molar-refractivity contribution < 1.29 is 4.43 Å². The molecule has 0 rings (SSSR count). The molecule has 0 radical (unpaired) electrons. The van der Waals surface area contributed by atoms with Crippen LogP contribution in [0.5, 0.6) is 0 Å². The number of hydrogen-bond acceptors (Lipinski definition) is 2. The lowest BCUT2D eigenvalue weighted by molar-refractivity contribution is 0.194. The first-order chi connectivity index (χ1) is 7.20. The van der Waals surface area contributed by atoms with Crippen LogP contribution >= 0.6 is 0 Å². The average Bonchev–Trinajstić information content (AvgIpc) is 2.21. The zero-order valence-electron chi connectivity index (χ0n) is 10.9. The Hall–Kier alpha value is -0.153. The van der Waals surface area contributed by atoms with Gasteiger partial charge in [0.25, 0.3) is 0 Å². The molecule has 0 aromatic carbocycles. The maximum absolute atomic E-state index is 5.93. The minimum absolute atomic E-state index is 0.282. The van der Waals surface area contributed by atoms with Crippen LogP contribution in [0.1, 0.15) is 53.4 Å². The number of hydrogen-bond donors (Lipinski definition) is 0. The van der Waals surface area contributed by atoms with E-state index in [0.29, 0.717) is 6.10 Å². The van der Waals surface area contributed by atoms with E-state index in [-0.39, 0.29) is 9.76 Å². The molecule has 0 aliphatic rings. The topological polar surface area (TPSA) is 21.6 Å². The molecule has 0 aliphatic heterocycles. The molecule has 15 heavy (non-hydrogen) atoms. The Morgan fingerprint density at radius 1 is 1.33 bits per heavy atom. The Morgan fingerprint density at radius 2 is 2.07 bits per heavy atom. The molecule has 0 aromatic rings. The standard InChI is InChI=1S/C12H27NOSi/c1-5-8-12(6-2)14-15-10-7-9-13-11(3)4/h12H,5-10,15H2,1-4H3. The van der Waals surface area contributed by atoms with Gasteiger partial charge in [-0.25, -0.2) is 0 Å². The van der Waals surface area contributed by atoms with Gasteiger partial charge in [-0.1, -0.05) is 20.3 Å². The third-order valence-electron chi connectivity index (χ3n) is 2.40. The molecule has 0 aliphatic carbocycles. The Kier molecular flexibility index (Phi) is 10.3. The SMILES string of the molecule is CCCC(CC)O[SiH2]CCCN=C(C)C. The summed E-state index contributed by atoms with van der Waals surface area (Å²) in [6, 6.07) is 1.27. The van der Waals surface area contributed by atoms with Crippen molar-refractivity contribution in [1.29, 1.82) is 0 Å². The van der Waals surface area contributed by atoms with Gasteiger partial charge in [0.05, 0.1) is 0 Å². The van der Waals surface area contributed by atoms with Crippen LogP contribution in [0.2, 0.25) is 6.04 Å². The van der Waals surface area contributed by atoms with Crippen LogP contribution in [-0.4, -0.2) is 28.1 Å². The molecule has 2 nitrogen and oxygen atoms in total. The zero-order chi connectivity index (χ0) is 11.5. The largest absolute Gasteiger partial charge is 0.421 e. The Morgan fingerprint density at radius 3 is 2.60 bits per heavy atom. The highest BCUT2D eigenvalue weighted by Gasteiger charge is 2.03. The summed E-state index contributed by atoms with van der Waals surface area (Å²) in [4.78, 5) is 4.38. The van der Waals surface area contributed by atoms with E-state index in [4.69, 9.17) is 4.43 Å². The second-order valence-electron chi connectivity index (χ2n) is 4.23. The first-order valence-corrected chi connectivity index (χ1v) is 7.87. The van der Waals surface area contributed by atoms with Gasteiger partial charge in [-0.3, -0.25) is 4.99 Å². The van der Waals surface area contributed by atoms with Gasteiger partial charge >= 0.3 is 0 Å². The summed E-state index contributed by atoms with van der Waals surface area (Å²) in [5.74, 6) is 0. The van der Waals surface area contributed by atoms with Gasteiger partial charge in [0.15, 0.2) is 9.76 Å². The Labute approximate surface area is 97.5 Å². The van der Waals surface area contributed by atoms with Crippen molar-refractivity contribution in [2.45, 2.75) is 65.5 Å². The predicted molar refractivity (Wildman–Crippen MR) is 71.7 cm³/mol. The van der Waals surface area contributed by atoms with Crippen LogP contribution in [0.15, 0.2) is 4.99 Å². The third kappa shape index (κ3) is 10.1. The molecular formula is C12H27NOSi. The van der Waals surface area contributed by atoms with Gasteiger partial charge in [-0.05, 0) is 39.2 Å².